The molecule has 4 aromatic carbocycles. The molecule has 0 fully saturated rings. The van der Waals surface area contributed by atoms with Crippen molar-refractivity contribution in [2.75, 3.05) is 46.2 Å². The number of benzene rings is 4. The maximum absolute atomic E-state index is 9.10. The van der Waals surface area contributed by atoms with Crippen LogP contribution in [0.2, 0.25) is 15.9 Å². The van der Waals surface area contributed by atoms with Crippen LogP contribution in [0.1, 0.15) is 133 Å². The summed E-state index contributed by atoms with van der Waals surface area (Å²) in [6.07, 6.45) is 16.1. The van der Waals surface area contributed by atoms with E-state index in [1.54, 1.807) is 54.5 Å². The fraction of sp³-hybridized carbons (Fsp3) is 0.373. The molecule has 544 valence electrons. The summed E-state index contributed by atoms with van der Waals surface area (Å²) in [5.74, 6) is 3.43. The van der Waals surface area contributed by atoms with E-state index >= 15 is 0 Å². The number of hydrogen-bond acceptors (Lipinski definition) is 19. The number of halogens is 6. The van der Waals surface area contributed by atoms with Crippen LogP contribution < -0.4 is 20.0 Å². The number of hydrogen-bond donors (Lipinski definition) is 2. The van der Waals surface area contributed by atoms with Gasteiger partial charge in [0.2, 0.25) is 21.7 Å². The Morgan fingerprint density at radius 1 is 0.427 bits per heavy atom. The Bertz CT molecular complexity index is 4140. The summed E-state index contributed by atoms with van der Waals surface area (Å²) in [4.78, 5) is 51.0. The molecule has 2 N–H and O–H groups in total. The van der Waals surface area contributed by atoms with Crippen LogP contribution >= 0.6 is 82.6 Å². The second-order valence-electron chi connectivity index (χ2n) is 28.6. The number of anilines is 4. The molecule has 0 saturated carbocycles. The quantitative estimate of drug-likeness (QED) is 0.0501. The van der Waals surface area contributed by atoms with Gasteiger partial charge in [0, 0.05) is 86.6 Å². The van der Waals surface area contributed by atoms with Crippen molar-refractivity contribution < 1.29 is 0 Å². The number of H-pyrrole nitrogens is 1. The second kappa shape index (κ2) is 42.4. The molecule has 7 aromatic heterocycles. The SMILES string of the molecule is BrCc1ccc(CBr)cc1.CC(C)(C)CN(Cc1ccc(CBr)cc1)c1ccnc(Cl)n1.CC(C)(C)CN(Cc1ccc(Cn2cncn2)cc1)c1ccnc(C#N)n1.CC(C)(C)CN(Cc1ccc(Cn2cncn2)cc1)c1ccnc(Cl)n1.CC(C)(C)CNc1ccnc(Cl)n1.c1nc[nH]n1. The van der Waals surface area contributed by atoms with Crippen LogP contribution in [0, 0.1) is 33.0 Å². The molecule has 0 atom stereocenters. The van der Waals surface area contributed by atoms with Crippen LogP contribution in [0.3, 0.4) is 0 Å². The molecule has 0 aliphatic rings. The van der Waals surface area contributed by atoms with Gasteiger partial charge in [-0.15, -0.1) is 0 Å². The predicted octanol–water partition coefficient (Wildman–Crippen LogP) is 17.8. The van der Waals surface area contributed by atoms with E-state index in [9.17, 15) is 0 Å². The summed E-state index contributed by atoms with van der Waals surface area (Å²) in [6.45, 7) is 33.4. The second-order valence-corrected chi connectivity index (χ2v) is 31.3. The zero-order valence-corrected chi connectivity index (χ0v) is 67.5. The summed E-state index contributed by atoms with van der Waals surface area (Å²) in [5.41, 5.74) is 10.5. The molecule has 0 amide bonds. The first-order valence-corrected chi connectivity index (χ1v) is 37.6. The first-order chi connectivity index (χ1) is 49.0. The fourth-order valence-corrected chi connectivity index (χ4v) is 11.1. The van der Waals surface area contributed by atoms with E-state index in [0.717, 1.165) is 78.5 Å². The zero-order valence-electron chi connectivity index (χ0n) is 60.5. The number of aromatic amines is 1. The van der Waals surface area contributed by atoms with E-state index in [4.69, 9.17) is 40.1 Å². The fourth-order valence-electron chi connectivity index (χ4n) is 9.53. The average molecular weight is 1650 g/mol. The molecule has 28 heteroatoms. The van der Waals surface area contributed by atoms with Gasteiger partial charge in [0.05, 0.1) is 13.1 Å². The van der Waals surface area contributed by atoms with Crippen molar-refractivity contribution in [3.05, 3.63) is 250 Å². The van der Waals surface area contributed by atoms with Gasteiger partial charge < -0.3 is 20.0 Å². The molecular weight excluding hydrogens is 1560 g/mol. The lowest BCUT2D eigenvalue weighted by Gasteiger charge is -2.31. The molecule has 0 aliphatic heterocycles. The topological polar surface area (TPSA) is 252 Å². The minimum Gasteiger partial charge on any atom is -0.369 e. The minimum absolute atomic E-state index is 0.0881. The van der Waals surface area contributed by atoms with Crippen molar-refractivity contribution in [2.24, 2.45) is 21.7 Å². The Hall–Kier alpha value is -8.38. The van der Waals surface area contributed by atoms with Crippen LogP contribution in [0.5, 0.6) is 0 Å². The largest absolute Gasteiger partial charge is 0.369 e. The van der Waals surface area contributed by atoms with Gasteiger partial charge in [0.1, 0.15) is 67.3 Å². The highest BCUT2D eigenvalue weighted by Gasteiger charge is 2.22. The maximum Gasteiger partial charge on any atom is 0.234 e. The summed E-state index contributed by atoms with van der Waals surface area (Å²) < 4.78 is 3.61. The summed E-state index contributed by atoms with van der Waals surface area (Å²) in [7, 11) is 0. The standard InChI is InChI=1S/C20H23N7.C19H23ClN6.C17H21BrClN3.C9H14ClN3.C8H8Br2.C2H3N3/c1-20(2,3)13-26(19-8-9-23-18(10-21)25-19)11-16-4-6-17(7-5-16)12-27-15-22-14-24-27;1-19(2,3)12-25(17-8-9-22-18(20)24-17)10-15-4-6-16(7-5-15)11-26-14-21-13-23-26;1-17(2,3)12-22(15-8-9-20-16(19)21-15)11-14-6-4-13(10-18)5-7-14;1-9(2,3)6-12-7-4-5-11-8(10)13-7;9-5-7-1-2-8(6-10)4-3-7;1-3-2-5-4-1/h4-9,14-15H,11-13H2,1-3H3;4-9,13-14H,10-12H2,1-3H3;4-9H,10-12H2,1-3H3;4-5H,6H2,1-3H3,(H,11,12,13);1-4H,5-6H2;1-2H,(H,3,4,5). The summed E-state index contributed by atoms with van der Waals surface area (Å²) in [6, 6.07) is 43.6. The lowest BCUT2D eigenvalue weighted by Crippen LogP contribution is -2.33. The van der Waals surface area contributed by atoms with Gasteiger partial charge in [0.15, 0.2) is 0 Å². The van der Waals surface area contributed by atoms with Gasteiger partial charge in [-0.2, -0.15) is 20.6 Å². The first-order valence-electron chi connectivity index (χ1n) is 33.1. The highest BCUT2D eigenvalue weighted by molar-refractivity contribution is 9.09. The highest BCUT2D eigenvalue weighted by atomic mass is 79.9. The van der Waals surface area contributed by atoms with Gasteiger partial charge in [-0.1, -0.05) is 228 Å². The molecule has 7 heterocycles. The number of nitrogens with zero attached hydrogens (tertiary/aromatic N) is 20. The van der Waals surface area contributed by atoms with Crippen LogP contribution in [0.25, 0.3) is 0 Å². The van der Waals surface area contributed by atoms with Crippen molar-refractivity contribution >= 4 is 106 Å². The molecule has 103 heavy (non-hydrogen) atoms. The molecule has 11 aromatic rings. The molecule has 22 nitrogen and oxygen atoms in total. The van der Waals surface area contributed by atoms with Crippen molar-refractivity contribution in [1.82, 2.24) is 84.6 Å². The van der Waals surface area contributed by atoms with Crippen molar-refractivity contribution in [3.8, 4) is 6.07 Å². The Morgan fingerprint density at radius 2 is 0.777 bits per heavy atom. The first kappa shape index (κ1) is 83.6. The lowest BCUT2D eigenvalue weighted by atomic mass is 9.95. The van der Waals surface area contributed by atoms with E-state index in [1.165, 1.54) is 63.5 Å². The number of nitriles is 1. The van der Waals surface area contributed by atoms with Gasteiger partial charge >= 0.3 is 0 Å². The Kier molecular flexibility index (Phi) is 34.4. The molecule has 0 unspecified atom stereocenters. The van der Waals surface area contributed by atoms with E-state index in [2.05, 4.69) is 323 Å². The summed E-state index contributed by atoms with van der Waals surface area (Å²) in [5, 5.41) is 30.1. The van der Waals surface area contributed by atoms with Gasteiger partial charge in [-0.25, -0.2) is 64.2 Å². The van der Waals surface area contributed by atoms with E-state index in [1.807, 2.05) is 29.0 Å². The summed E-state index contributed by atoms with van der Waals surface area (Å²) >= 11 is 27.8. The molecular formula is C75H92Br3Cl3N22. The van der Waals surface area contributed by atoms with Gasteiger partial charge in [-0.3, -0.25) is 5.10 Å². The van der Waals surface area contributed by atoms with Crippen LogP contribution in [0.15, 0.2) is 184 Å². The van der Waals surface area contributed by atoms with Crippen molar-refractivity contribution in [1.29, 1.82) is 5.26 Å². The molecule has 0 saturated heterocycles. The molecule has 0 bridgehead atoms. The van der Waals surface area contributed by atoms with Crippen LogP contribution in [0.4, 0.5) is 23.3 Å². The highest BCUT2D eigenvalue weighted by Crippen LogP contribution is 2.27. The van der Waals surface area contributed by atoms with E-state index in [0.29, 0.717) is 19.6 Å². The van der Waals surface area contributed by atoms with E-state index < -0.39 is 0 Å². The minimum atomic E-state index is 0.0881. The predicted molar refractivity (Wildman–Crippen MR) is 426 cm³/mol. The lowest BCUT2D eigenvalue weighted by molar-refractivity contribution is 0.407. The smallest absolute Gasteiger partial charge is 0.234 e. The number of nitrogens with one attached hydrogen (secondary N) is 2. The van der Waals surface area contributed by atoms with E-state index in [-0.39, 0.29) is 43.3 Å². The number of rotatable bonds is 21. The van der Waals surface area contributed by atoms with Crippen molar-refractivity contribution in [3.63, 3.8) is 0 Å². The Morgan fingerprint density at radius 3 is 1.07 bits per heavy atom. The zero-order chi connectivity index (χ0) is 74.8. The van der Waals surface area contributed by atoms with Gasteiger partial charge in [0.25, 0.3) is 0 Å². The normalized spacial score (nSPS) is 11.1. The van der Waals surface area contributed by atoms with Gasteiger partial charge in [-0.05, 0) is 125 Å². The Balaban J connectivity index is 0.000000206. The third kappa shape index (κ3) is 34.2. The maximum atomic E-state index is 9.10. The van der Waals surface area contributed by atoms with Crippen LogP contribution in [-0.2, 0) is 48.7 Å². The average Bonchev–Trinajstić information content (AvgIpc) is 1.13. The molecule has 0 spiro atoms. The number of aromatic nitrogens is 17. The monoisotopic (exact) mass is 1640 g/mol. The number of alkyl halides is 3. The Labute approximate surface area is 646 Å². The van der Waals surface area contributed by atoms with Crippen molar-refractivity contribution in [2.45, 2.75) is 132 Å². The molecule has 11 rings (SSSR count). The molecule has 0 radical (unpaired) electrons. The molecule has 0 aliphatic carbocycles. The third-order valence-electron chi connectivity index (χ3n) is 14.0. The third-order valence-corrected chi connectivity index (χ3v) is 16.5. The van der Waals surface area contributed by atoms with Crippen LogP contribution in [-0.4, -0.2) is 111 Å².